The zero-order valence-corrected chi connectivity index (χ0v) is 9.64. The molecule has 1 aliphatic carbocycles. The summed E-state index contributed by atoms with van der Waals surface area (Å²) in [5.41, 5.74) is 0.720. The lowest BCUT2D eigenvalue weighted by Crippen LogP contribution is -2.16. The van der Waals surface area contributed by atoms with Crippen LogP contribution < -0.4 is 0 Å². The Kier molecular flexibility index (Phi) is 2.66. The van der Waals surface area contributed by atoms with Crippen LogP contribution in [0.1, 0.15) is 34.3 Å². The highest BCUT2D eigenvalue weighted by Crippen LogP contribution is 2.50. The van der Waals surface area contributed by atoms with Gasteiger partial charge >= 0.3 is 5.97 Å². The van der Waals surface area contributed by atoms with Crippen molar-refractivity contribution in [2.45, 2.75) is 25.2 Å². The van der Waals surface area contributed by atoms with Crippen LogP contribution in [0.2, 0.25) is 5.02 Å². The molecular formula is C12H12ClFO2. The lowest BCUT2D eigenvalue weighted by Gasteiger charge is -2.16. The molecule has 0 atom stereocenters. The second kappa shape index (κ2) is 3.74. The molecule has 1 N–H and O–H groups in total. The van der Waals surface area contributed by atoms with Crippen molar-refractivity contribution in [2.24, 2.45) is 0 Å². The van der Waals surface area contributed by atoms with Gasteiger partial charge in [-0.3, -0.25) is 4.39 Å². The van der Waals surface area contributed by atoms with Gasteiger partial charge in [0.1, 0.15) is 0 Å². The average Bonchev–Trinajstić information content (AvgIpc) is 3.02. The molecule has 1 aliphatic rings. The second-order valence-electron chi connectivity index (χ2n) is 4.34. The van der Waals surface area contributed by atoms with Crippen molar-refractivity contribution in [3.8, 4) is 0 Å². The zero-order valence-electron chi connectivity index (χ0n) is 8.89. The Morgan fingerprint density at radius 3 is 2.62 bits per heavy atom. The first-order chi connectivity index (χ1) is 7.52. The smallest absolute Gasteiger partial charge is 0.337 e. The largest absolute Gasteiger partial charge is 0.478 e. The Labute approximate surface area is 98.0 Å². The third-order valence-corrected chi connectivity index (χ3v) is 3.72. The number of carbonyl (C=O) groups is 1. The van der Waals surface area contributed by atoms with Gasteiger partial charge in [0.05, 0.1) is 17.3 Å². The summed E-state index contributed by atoms with van der Waals surface area (Å²) in [4.78, 5) is 11.2. The van der Waals surface area contributed by atoms with E-state index in [0.29, 0.717) is 24.0 Å². The fourth-order valence-electron chi connectivity index (χ4n) is 1.96. The van der Waals surface area contributed by atoms with Crippen LogP contribution in [0.25, 0.3) is 0 Å². The van der Waals surface area contributed by atoms with Gasteiger partial charge in [-0.25, -0.2) is 4.79 Å². The monoisotopic (exact) mass is 242 g/mol. The van der Waals surface area contributed by atoms with Crippen LogP contribution >= 0.6 is 11.6 Å². The van der Waals surface area contributed by atoms with Crippen LogP contribution in [0, 0.1) is 6.92 Å². The van der Waals surface area contributed by atoms with Crippen molar-refractivity contribution in [3.63, 3.8) is 0 Å². The molecule has 2 nitrogen and oxygen atoms in total. The standard InChI is InChI=1S/C12H12ClFO2/c1-7-2-3-8(12(6-14)4-5-12)9(10(7)13)11(15)16/h2-3H,4-6H2,1H3,(H,15,16). The first-order valence-electron chi connectivity index (χ1n) is 5.11. The van der Waals surface area contributed by atoms with Crippen molar-refractivity contribution in [1.82, 2.24) is 0 Å². The van der Waals surface area contributed by atoms with E-state index in [1.54, 1.807) is 19.1 Å². The number of alkyl halides is 1. The molecule has 0 unspecified atom stereocenters. The van der Waals surface area contributed by atoms with Crippen molar-refractivity contribution < 1.29 is 14.3 Å². The van der Waals surface area contributed by atoms with E-state index in [2.05, 4.69) is 0 Å². The molecule has 1 saturated carbocycles. The molecule has 1 aromatic carbocycles. The van der Waals surface area contributed by atoms with E-state index in [4.69, 9.17) is 16.7 Å². The number of halogens is 2. The van der Waals surface area contributed by atoms with E-state index >= 15 is 0 Å². The number of carboxylic acids is 1. The summed E-state index contributed by atoms with van der Waals surface area (Å²) >= 11 is 5.98. The fraction of sp³-hybridized carbons (Fsp3) is 0.417. The molecule has 16 heavy (non-hydrogen) atoms. The summed E-state index contributed by atoms with van der Waals surface area (Å²) < 4.78 is 13.0. The molecular weight excluding hydrogens is 231 g/mol. The predicted molar refractivity (Wildman–Crippen MR) is 60.0 cm³/mol. The Morgan fingerprint density at radius 1 is 1.56 bits per heavy atom. The molecule has 0 spiro atoms. The molecule has 1 aromatic rings. The lowest BCUT2D eigenvalue weighted by molar-refractivity contribution is 0.0694. The topological polar surface area (TPSA) is 37.3 Å². The van der Waals surface area contributed by atoms with Crippen LogP contribution in [0.3, 0.4) is 0 Å². The summed E-state index contributed by atoms with van der Waals surface area (Å²) in [7, 11) is 0. The molecule has 0 aliphatic heterocycles. The van der Waals surface area contributed by atoms with Crippen LogP contribution in [-0.2, 0) is 5.41 Å². The summed E-state index contributed by atoms with van der Waals surface area (Å²) in [5, 5.41) is 9.38. The first kappa shape index (κ1) is 11.4. The number of rotatable bonds is 3. The number of carboxylic acid groups (broad SMARTS) is 1. The van der Waals surface area contributed by atoms with Crippen molar-refractivity contribution in [3.05, 3.63) is 33.8 Å². The van der Waals surface area contributed by atoms with Crippen molar-refractivity contribution >= 4 is 17.6 Å². The molecule has 4 heteroatoms. The van der Waals surface area contributed by atoms with Gasteiger partial charge in [0.25, 0.3) is 0 Å². The minimum absolute atomic E-state index is 0.0665. The normalized spacial score (nSPS) is 17.2. The zero-order chi connectivity index (χ0) is 11.9. The van der Waals surface area contributed by atoms with Gasteiger partial charge in [0.15, 0.2) is 0 Å². The number of aromatic carboxylic acids is 1. The molecule has 0 bridgehead atoms. The molecule has 0 saturated heterocycles. The van der Waals surface area contributed by atoms with Gasteiger partial charge in [-0.15, -0.1) is 0 Å². The van der Waals surface area contributed by atoms with Gasteiger partial charge in [-0.2, -0.15) is 0 Å². The first-order valence-corrected chi connectivity index (χ1v) is 5.48. The van der Waals surface area contributed by atoms with Crippen LogP contribution in [0.5, 0.6) is 0 Å². The van der Waals surface area contributed by atoms with Crippen LogP contribution in [-0.4, -0.2) is 17.8 Å². The summed E-state index contributed by atoms with van der Waals surface area (Å²) in [6.07, 6.45) is 1.40. The molecule has 2 rings (SSSR count). The maximum absolute atomic E-state index is 13.0. The van der Waals surface area contributed by atoms with Gasteiger partial charge in [0, 0.05) is 5.41 Å². The molecule has 0 heterocycles. The van der Waals surface area contributed by atoms with E-state index in [1.807, 2.05) is 0 Å². The lowest BCUT2D eigenvalue weighted by atomic mass is 9.91. The maximum atomic E-state index is 13.0. The van der Waals surface area contributed by atoms with Crippen molar-refractivity contribution in [2.75, 3.05) is 6.67 Å². The predicted octanol–water partition coefficient (Wildman–Crippen LogP) is 3.35. The molecule has 0 amide bonds. The van der Waals surface area contributed by atoms with Gasteiger partial charge in [0.2, 0.25) is 0 Å². The van der Waals surface area contributed by atoms with E-state index in [1.165, 1.54) is 0 Å². The minimum Gasteiger partial charge on any atom is -0.478 e. The van der Waals surface area contributed by atoms with E-state index in [0.717, 1.165) is 0 Å². The highest BCUT2D eigenvalue weighted by molar-refractivity contribution is 6.34. The second-order valence-corrected chi connectivity index (χ2v) is 4.72. The summed E-state index contributed by atoms with van der Waals surface area (Å²) in [5.74, 6) is -1.08. The Hall–Kier alpha value is -1.09. The Morgan fingerprint density at radius 2 is 2.19 bits per heavy atom. The SMILES string of the molecule is Cc1ccc(C2(CF)CC2)c(C(=O)O)c1Cl. The van der Waals surface area contributed by atoms with Crippen LogP contribution in [0.15, 0.2) is 12.1 Å². The third kappa shape index (κ3) is 1.59. The summed E-state index contributed by atoms with van der Waals surface area (Å²) in [6.45, 7) is 1.22. The maximum Gasteiger partial charge on any atom is 0.337 e. The van der Waals surface area contributed by atoms with Crippen LogP contribution in [0.4, 0.5) is 4.39 Å². The molecule has 1 fully saturated rings. The highest BCUT2D eigenvalue weighted by atomic mass is 35.5. The van der Waals surface area contributed by atoms with Gasteiger partial charge < -0.3 is 5.11 Å². The molecule has 0 radical (unpaired) electrons. The molecule has 86 valence electrons. The average molecular weight is 243 g/mol. The quantitative estimate of drug-likeness (QED) is 0.883. The summed E-state index contributed by atoms with van der Waals surface area (Å²) in [6, 6.07) is 3.44. The van der Waals surface area contributed by atoms with Gasteiger partial charge in [-0.1, -0.05) is 23.7 Å². The highest BCUT2D eigenvalue weighted by Gasteiger charge is 2.47. The fourth-order valence-corrected chi connectivity index (χ4v) is 2.20. The van der Waals surface area contributed by atoms with Gasteiger partial charge in [-0.05, 0) is 30.9 Å². The van der Waals surface area contributed by atoms with E-state index in [-0.39, 0.29) is 10.6 Å². The van der Waals surface area contributed by atoms with E-state index < -0.39 is 18.1 Å². The third-order valence-electron chi connectivity index (χ3n) is 3.23. The number of aryl methyl sites for hydroxylation is 1. The Balaban J connectivity index is 2.62. The van der Waals surface area contributed by atoms with Crippen molar-refractivity contribution in [1.29, 1.82) is 0 Å². The van der Waals surface area contributed by atoms with E-state index in [9.17, 15) is 9.18 Å². The number of hydrogen-bond acceptors (Lipinski definition) is 1. The number of benzene rings is 1. The number of hydrogen-bond donors (Lipinski definition) is 1. The minimum atomic E-state index is -1.08. The molecule has 0 aromatic heterocycles. The Bertz CT molecular complexity index is 453.